The van der Waals surface area contributed by atoms with Crippen LogP contribution < -0.4 is 5.32 Å². The molecule has 0 aromatic carbocycles. The number of nitrogens with zero attached hydrogens (tertiary/aromatic N) is 4. The number of hydrogen-bond acceptors (Lipinski definition) is 5. The third-order valence-electron chi connectivity index (χ3n) is 6.20. The van der Waals surface area contributed by atoms with Crippen LogP contribution in [-0.2, 0) is 4.74 Å². The van der Waals surface area contributed by atoms with Crippen LogP contribution >= 0.6 is 0 Å². The molecule has 3 heterocycles. The molecule has 1 unspecified atom stereocenters. The van der Waals surface area contributed by atoms with E-state index < -0.39 is 0 Å². The van der Waals surface area contributed by atoms with E-state index in [9.17, 15) is 4.79 Å². The Morgan fingerprint density at radius 3 is 2.86 bits per heavy atom. The molecule has 2 saturated heterocycles. The molecule has 1 atom stereocenters. The van der Waals surface area contributed by atoms with E-state index in [0.29, 0.717) is 11.7 Å². The SMILES string of the molecule is COCCN(C)CCCC1CCN(C(=O)c2ccn(C3CCCNC3)n2)CC1. The van der Waals surface area contributed by atoms with E-state index in [1.807, 2.05) is 21.8 Å². The highest BCUT2D eigenvalue weighted by Crippen LogP contribution is 2.23. The first kappa shape index (κ1) is 21.3. The van der Waals surface area contributed by atoms with Crippen molar-refractivity contribution in [2.45, 2.75) is 44.6 Å². The number of amides is 1. The lowest BCUT2D eigenvalue weighted by molar-refractivity contribution is 0.0677. The van der Waals surface area contributed by atoms with E-state index in [0.717, 1.165) is 71.1 Å². The Labute approximate surface area is 169 Å². The van der Waals surface area contributed by atoms with Crippen molar-refractivity contribution in [1.82, 2.24) is 24.9 Å². The quantitative estimate of drug-likeness (QED) is 0.698. The van der Waals surface area contributed by atoms with Crippen LogP contribution in [0.3, 0.4) is 0 Å². The first-order chi connectivity index (χ1) is 13.7. The summed E-state index contributed by atoms with van der Waals surface area (Å²) >= 11 is 0. The summed E-state index contributed by atoms with van der Waals surface area (Å²) < 4.78 is 7.10. The molecule has 1 amide bonds. The van der Waals surface area contributed by atoms with Crippen molar-refractivity contribution in [3.05, 3.63) is 18.0 Å². The summed E-state index contributed by atoms with van der Waals surface area (Å²) in [4.78, 5) is 17.1. The number of ether oxygens (including phenoxy) is 1. The lowest BCUT2D eigenvalue weighted by atomic mass is 9.92. The highest BCUT2D eigenvalue weighted by Gasteiger charge is 2.25. The van der Waals surface area contributed by atoms with Crippen LogP contribution in [0, 0.1) is 5.92 Å². The van der Waals surface area contributed by atoms with Gasteiger partial charge in [-0.15, -0.1) is 0 Å². The van der Waals surface area contributed by atoms with Gasteiger partial charge < -0.3 is 19.9 Å². The van der Waals surface area contributed by atoms with Gasteiger partial charge >= 0.3 is 0 Å². The van der Waals surface area contributed by atoms with Crippen molar-refractivity contribution >= 4 is 5.91 Å². The second-order valence-corrected chi connectivity index (χ2v) is 8.36. The first-order valence-electron chi connectivity index (χ1n) is 10.9. The van der Waals surface area contributed by atoms with Gasteiger partial charge in [0.05, 0.1) is 12.6 Å². The minimum Gasteiger partial charge on any atom is -0.383 e. The average molecular weight is 392 g/mol. The molecule has 1 aromatic heterocycles. The Balaban J connectivity index is 1.38. The van der Waals surface area contributed by atoms with Crippen molar-refractivity contribution in [1.29, 1.82) is 0 Å². The van der Waals surface area contributed by atoms with E-state index in [1.54, 1.807) is 7.11 Å². The smallest absolute Gasteiger partial charge is 0.274 e. The van der Waals surface area contributed by atoms with E-state index >= 15 is 0 Å². The van der Waals surface area contributed by atoms with Gasteiger partial charge in [-0.2, -0.15) is 5.10 Å². The topological polar surface area (TPSA) is 62.6 Å². The molecule has 1 N–H and O–H groups in total. The molecular formula is C21H37N5O2. The Morgan fingerprint density at radius 1 is 1.32 bits per heavy atom. The molecular weight excluding hydrogens is 354 g/mol. The molecule has 2 fully saturated rings. The summed E-state index contributed by atoms with van der Waals surface area (Å²) in [5.74, 6) is 0.839. The van der Waals surface area contributed by atoms with Crippen LogP contribution in [0.5, 0.6) is 0 Å². The van der Waals surface area contributed by atoms with Gasteiger partial charge in [-0.3, -0.25) is 9.48 Å². The summed E-state index contributed by atoms with van der Waals surface area (Å²) in [5, 5.41) is 8.00. The molecule has 0 saturated carbocycles. The summed E-state index contributed by atoms with van der Waals surface area (Å²) in [6.07, 6.45) is 8.97. The molecule has 0 bridgehead atoms. The van der Waals surface area contributed by atoms with Gasteiger partial charge in [-0.1, -0.05) is 0 Å². The predicted octanol–water partition coefficient (Wildman–Crippen LogP) is 2.02. The Morgan fingerprint density at radius 2 is 2.14 bits per heavy atom. The van der Waals surface area contributed by atoms with Gasteiger partial charge in [-0.05, 0) is 70.6 Å². The number of likely N-dealkylation sites (N-methyl/N-ethyl adjacent to an activating group) is 1. The zero-order valence-electron chi connectivity index (χ0n) is 17.6. The molecule has 1 aromatic rings. The summed E-state index contributed by atoms with van der Waals surface area (Å²) in [6, 6.07) is 2.27. The Bertz CT molecular complexity index is 591. The van der Waals surface area contributed by atoms with Gasteiger partial charge in [0.2, 0.25) is 0 Å². The minimum absolute atomic E-state index is 0.0975. The largest absolute Gasteiger partial charge is 0.383 e. The second kappa shape index (κ2) is 10.9. The first-order valence-corrected chi connectivity index (χ1v) is 10.9. The van der Waals surface area contributed by atoms with Crippen molar-refractivity contribution in [3.63, 3.8) is 0 Å². The summed E-state index contributed by atoms with van der Waals surface area (Å²) in [6.45, 7) is 6.66. The standard InChI is InChI=1S/C21H37N5O2/c1-24(15-16-28-2)11-4-5-18-7-12-25(13-8-18)21(27)20-9-14-26(23-20)19-6-3-10-22-17-19/h9,14,18-19,22H,3-8,10-13,15-17H2,1-2H3. The van der Waals surface area contributed by atoms with Crippen LogP contribution in [0.2, 0.25) is 0 Å². The maximum atomic E-state index is 12.8. The number of rotatable bonds is 9. The maximum Gasteiger partial charge on any atom is 0.274 e. The fourth-order valence-electron chi connectivity index (χ4n) is 4.31. The maximum absolute atomic E-state index is 12.8. The van der Waals surface area contributed by atoms with Crippen molar-refractivity contribution in [2.75, 3.05) is 60.0 Å². The molecule has 0 spiro atoms. The number of likely N-dealkylation sites (tertiary alicyclic amines) is 1. The Kier molecular flexibility index (Phi) is 8.30. The van der Waals surface area contributed by atoms with Crippen molar-refractivity contribution < 1.29 is 9.53 Å². The van der Waals surface area contributed by atoms with Gasteiger partial charge in [-0.25, -0.2) is 0 Å². The Hall–Kier alpha value is -1.44. The molecule has 2 aliphatic rings. The number of hydrogen-bond donors (Lipinski definition) is 1. The molecule has 3 rings (SSSR count). The van der Waals surface area contributed by atoms with Crippen molar-refractivity contribution in [3.8, 4) is 0 Å². The summed E-state index contributed by atoms with van der Waals surface area (Å²) in [7, 11) is 3.91. The number of carbonyl (C=O) groups excluding carboxylic acids is 1. The number of piperidine rings is 2. The lowest BCUT2D eigenvalue weighted by Gasteiger charge is -2.32. The normalized spacial score (nSPS) is 21.4. The van der Waals surface area contributed by atoms with Crippen molar-refractivity contribution in [2.24, 2.45) is 5.92 Å². The van der Waals surface area contributed by atoms with E-state index in [2.05, 4.69) is 22.4 Å². The third kappa shape index (κ3) is 6.03. The molecule has 158 valence electrons. The van der Waals surface area contributed by atoms with Crippen LogP contribution in [0.15, 0.2) is 12.3 Å². The zero-order valence-corrected chi connectivity index (χ0v) is 17.6. The molecule has 2 aliphatic heterocycles. The van der Waals surface area contributed by atoms with E-state index in [-0.39, 0.29) is 5.91 Å². The highest BCUT2D eigenvalue weighted by atomic mass is 16.5. The molecule has 7 nitrogen and oxygen atoms in total. The van der Waals surface area contributed by atoms with Crippen LogP contribution in [0.1, 0.15) is 55.1 Å². The monoisotopic (exact) mass is 391 g/mol. The fourth-order valence-corrected chi connectivity index (χ4v) is 4.31. The summed E-state index contributed by atoms with van der Waals surface area (Å²) in [5.41, 5.74) is 0.601. The molecule has 0 aliphatic carbocycles. The number of nitrogens with one attached hydrogen (secondary N) is 1. The third-order valence-corrected chi connectivity index (χ3v) is 6.20. The number of carbonyl (C=O) groups is 1. The number of aromatic nitrogens is 2. The lowest BCUT2D eigenvalue weighted by Crippen LogP contribution is -2.39. The van der Waals surface area contributed by atoms with Gasteiger partial charge in [0.15, 0.2) is 0 Å². The van der Waals surface area contributed by atoms with Gasteiger partial charge in [0.1, 0.15) is 5.69 Å². The molecule has 28 heavy (non-hydrogen) atoms. The number of methoxy groups -OCH3 is 1. The molecule has 0 radical (unpaired) electrons. The van der Waals surface area contributed by atoms with Gasteiger partial charge in [0, 0.05) is 39.5 Å². The van der Waals surface area contributed by atoms with Gasteiger partial charge in [0.25, 0.3) is 5.91 Å². The highest BCUT2D eigenvalue weighted by molar-refractivity contribution is 5.92. The minimum atomic E-state index is 0.0975. The molecule has 7 heteroatoms. The van der Waals surface area contributed by atoms with E-state index in [1.165, 1.54) is 19.3 Å². The zero-order chi connectivity index (χ0) is 19.8. The van der Waals surface area contributed by atoms with E-state index in [4.69, 9.17) is 4.74 Å². The average Bonchev–Trinajstić information content (AvgIpc) is 3.23. The second-order valence-electron chi connectivity index (χ2n) is 8.36. The van der Waals surface area contributed by atoms with Crippen LogP contribution in [-0.4, -0.2) is 85.5 Å². The predicted molar refractivity (Wildman–Crippen MR) is 111 cm³/mol. The van der Waals surface area contributed by atoms with Crippen LogP contribution in [0.4, 0.5) is 0 Å². The fraction of sp³-hybridized carbons (Fsp3) is 0.810. The van der Waals surface area contributed by atoms with Crippen LogP contribution in [0.25, 0.3) is 0 Å².